The van der Waals surface area contributed by atoms with Gasteiger partial charge in [0.25, 0.3) is 0 Å². The average molecular weight is 139 g/mol. The summed E-state index contributed by atoms with van der Waals surface area (Å²) in [5, 5.41) is 3.29. The Bertz CT molecular complexity index is 186. The molecule has 0 fully saturated rings. The van der Waals surface area contributed by atoms with Crippen molar-refractivity contribution in [3.05, 3.63) is 22.7 Å². The molecule has 0 unspecified atom stereocenters. The summed E-state index contributed by atoms with van der Waals surface area (Å²) in [5.74, 6) is 0. The topological polar surface area (TPSA) is 51.8 Å². The minimum atomic E-state index is 0.809. The van der Waals surface area contributed by atoms with Crippen LogP contribution in [0.2, 0.25) is 0 Å². The lowest BCUT2D eigenvalue weighted by molar-refractivity contribution is -0.448. The minimum Gasteiger partial charge on any atom is -0.272 e. The first kappa shape index (κ1) is 8.72. The molecule has 10 heavy (non-hydrogen) atoms. The number of nitrogens with zero attached hydrogens (tertiary/aromatic N) is 4. The van der Waals surface area contributed by atoms with Crippen molar-refractivity contribution in [2.24, 2.45) is 5.11 Å². The molecule has 4 nitrogen and oxygen atoms in total. The van der Waals surface area contributed by atoms with Crippen LogP contribution in [-0.2, 0) is 0 Å². The molecule has 0 aliphatic carbocycles. The predicted molar refractivity (Wildman–Crippen MR) is 40.8 cm³/mol. The SMILES string of the molecule is C/C=C\[N+](=CN=[N+]=[N-])CC. The fourth-order valence-corrected chi connectivity index (χ4v) is 0.506. The Balaban J connectivity index is 4.17. The fourth-order valence-electron chi connectivity index (χ4n) is 0.506. The first-order chi connectivity index (χ1) is 4.85. The maximum Gasteiger partial charge on any atom is 0.150 e. The second kappa shape index (κ2) is 5.85. The van der Waals surface area contributed by atoms with E-state index in [-0.39, 0.29) is 0 Å². The van der Waals surface area contributed by atoms with Crippen molar-refractivity contribution < 1.29 is 4.58 Å². The van der Waals surface area contributed by atoms with Crippen LogP contribution >= 0.6 is 0 Å². The van der Waals surface area contributed by atoms with Crippen LogP contribution < -0.4 is 0 Å². The molecular formula is C6H11N4+. The zero-order valence-corrected chi connectivity index (χ0v) is 6.23. The van der Waals surface area contributed by atoms with Gasteiger partial charge in [-0.1, -0.05) is 0 Å². The molecule has 0 saturated heterocycles. The van der Waals surface area contributed by atoms with E-state index in [0.29, 0.717) is 0 Å². The molecule has 0 aromatic carbocycles. The maximum absolute atomic E-state index is 7.96. The molecule has 0 bridgehead atoms. The van der Waals surface area contributed by atoms with Crippen LogP contribution in [0, 0.1) is 0 Å². The second-order valence-electron chi connectivity index (χ2n) is 1.63. The zero-order chi connectivity index (χ0) is 7.82. The van der Waals surface area contributed by atoms with Gasteiger partial charge in [0.15, 0.2) is 6.34 Å². The largest absolute Gasteiger partial charge is 0.272 e. The summed E-state index contributed by atoms with van der Waals surface area (Å²) in [6, 6.07) is 0. The van der Waals surface area contributed by atoms with Crippen molar-refractivity contribution in [1.82, 2.24) is 0 Å². The van der Waals surface area contributed by atoms with Crippen molar-refractivity contribution in [3.63, 3.8) is 0 Å². The number of hydrogen-bond acceptors (Lipinski definition) is 0. The van der Waals surface area contributed by atoms with Gasteiger partial charge in [-0.15, -0.1) is 0 Å². The van der Waals surface area contributed by atoms with Crippen molar-refractivity contribution in [1.29, 1.82) is 0 Å². The van der Waals surface area contributed by atoms with Gasteiger partial charge in [0.2, 0.25) is 0 Å². The maximum atomic E-state index is 7.96. The average Bonchev–Trinajstić information content (AvgIpc) is 1.98. The molecule has 0 atom stereocenters. The summed E-state index contributed by atoms with van der Waals surface area (Å²) in [5.41, 5.74) is 7.96. The molecule has 0 rings (SSSR count). The summed E-state index contributed by atoms with van der Waals surface area (Å²) < 4.78 is 1.79. The van der Waals surface area contributed by atoms with Crippen LogP contribution in [0.15, 0.2) is 17.4 Å². The van der Waals surface area contributed by atoms with Gasteiger partial charge in [-0.3, -0.25) is 4.58 Å². The highest BCUT2D eigenvalue weighted by Gasteiger charge is 1.82. The van der Waals surface area contributed by atoms with Crippen LogP contribution in [0.25, 0.3) is 10.4 Å². The van der Waals surface area contributed by atoms with Crippen molar-refractivity contribution in [2.75, 3.05) is 6.54 Å². The first-order valence-electron chi connectivity index (χ1n) is 3.11. The Morgan fingerprint density at radius 1 is 1.70 bits per heavy atom. The van der Waals surface area contributed by atoms with E-state index in [0.717, 1.165) is 6.54 Å². The van der Waals surface area contributed by atoms with E-state index in [4.69, 9.17) is 5.53 Å². The minimum absolute atomic E-state index is 0.809. The van der Waals surface area contributed by atoms with Gasteiger partial charge in [0.05, 0.1) is 12.7 Å². The Morgan fingerprint density at radius 2 is 2.40 bits per heavy atom. The van der Waals surface area contributed by atoms with Gasteiger partial charge in [-0.2, -0.15) is 0 Å². The third-order valence-corrected chi connectivity index (χ3v) is 0.957. The predicted octanol–water partition coefficient (Wildman–Crippen LogP) is 1.89. The highest BCUT2D eigenvalue weighted by Crippen LogP contribution is 1.76. The first-order valence-corrected chi connectivity index (χ1v) is 3.11. The quantitative estimate of drug-likeness (QED) is 0.143. The van der Waals surface area contributed by atoms with Gasteiger partial charge >= 0.3 is 0 Å². The Kier molecular flexibility index (Phi) is 5.10. The Labute approximate surface area is 60.1 Å². The van der Waals surface area contributed by atoms with E-state index in [2.05, 4.69) is 10.0 Å². The number of hydrogen-bond donors (Lipinski definition) is 0. The van der Waals surface area contributed by atoms with Crippen molar-refractivity contribution in [2.45, 2.75) is 13.8 Å². The standard InChI is InChI=1S/C6H11N4/c1-3-5-10(4-2)6-8-9-7/h3,5-6H,4H2,1-2H3/q+1/b5-3-,10-6?. The molecule has 0 heterocycles. The van der Waals surface area contributed by atoms with E-state index < -0.39 is 0 Å². The molecule has 0 aliphatic rings. The van der Waals surface area contributed by atoms with Crippen LogP contribution in [-0.4, -0.2) is 17.5 Å². The molecule has 0 amide bonds. The summed E-state index contributed by atoms with van der Waals surface area (Å²) in [6.07, 6.45) is 5.17. The molecular weight excluding hydrogens is 128 g/mol. The summed E-state index contributed by atoms with van der Waals surface area (Å²) in [6.45, 7) is 4.69. The van der Waals surface area contributed by atoms with Gasteiger partial charge in [-0.05, 0) is 30.6 Å². The normalized spacial score (nSPS) is 11.6. The highest BCUT2D eigenvalue weighted by molar-refractivity contribution is 5.49. The lowest BCUT2D eigenvalue weighted by Gasteiger charge is -1.92. The molecule has 0 spiro atoms. The van der Waals surface area contributed by atoms with E-state index >= 15 is 0 Å². The van der Waals surface area contributed by atoms with Gasteiger partial charge < -0.3 is 0 Å². The summed E-state index contributed by atoms with van der Waals surface area (Å²) >= 11 is 0. The van der Waals surface area contributed by atoms with E-state index in [1.54, 1.807) is 4.58 Å². The van der Waals surface area contributed by atoms with Gasteiger partial charge in [0, 0.05) is 4.91 Å². The fraction of sp³-hybridized carbons (Fsp3) is 0.500. The molecule has 0 aromatic heterocycles. The molecule has 54 valence electrons. The number of allylic oxidation sites excluding steroid dienone is 1. The number of rotatable bonds is 3. The third-order valence-electron chi connectivity index (χ3n) is 0.957. The Hall–Kier alpha value is -1.28. The lowest BCUT2D eigenvalue weighted by atomic mass is 10.6. The van der Waals surface area contributed by atoms with Crippen LogP contribution in [0.3, 0.4) is 0 Å². The van der Waals surface area contributed by atoms with Crippen LogP contribution in [0.5, 0.6) is 0 Å². The molecule has 0 N–H and O–H groups in total. The van der Waals surface area contributed by atoms with Crippen molar-refractivity contribution >= 4 is 6.34 Å². The van der Waals surface area contributed by atoms with Gasteiger partial charge in [0.1, 0.15) is 0 Å². The molecule has 0 aromatic rings. The van der Waals surface area contributed by atoms with Crippen molar-refractivity contribution in [3.8, 4) is 0 Å². The highest BCUT2D eigenvalue weighted by atomic mass is 15.2. The molecule has 4 heteroatoms. The Morgan fingerprint density at radius 3 is 2.80 bits per heavy atom. The monoisotopic (exact) mass is 139 g/mol. The summed E-state index contributed by atoms with van der Waals surface area (Å²) in [4.78, 5) is 2.60. The lowest BCUT2D eigenvalue weighted by Crippen LogP contribution is -2.02. The van der Waals surface area contributed by atoms with Crippen LogP contribution in [0.4, 0.5) is 0 Å². The zero-order valence-electron chi connectivity index (χ0n) is 6.23. The summed E-state index contributed by atoms with van der Waals surface area (Å²) in [7, 11) is 0. The van der Waals surface area contributed by atoms with E-state index in [1.165, 1.54) is 6.34 Å². The number of azide groups is 1. The third kappa shape index (κ3) is 3.69. The second-order valence-corrected chi connectivity index (χ2v) is 1.63. The van der Waals surface area contributed by atoms with Crippen LogP contribution in [0.1, 0.15) is 13.8 Å². The van der Waals surface area contributed by atoms with E-state index in [9.17, 15) is 0 Å². The van der Waals surface area contributed by atoms with Gasteiger partial charge in [-0.25, -0.2) is 0 Å². The molecule has 0 radical (unpaired) electrons. The van der Waals surface area contributed by atoms with E-state index in [1.807, 2.05) is 26.1 Å². The molecule has 0 aliphatic heterocycles. The molecule has 0 saturated carbocycles. The smallest absolute Gasteiger partial charge is 0.150 e.